The summed E-state index contributed by atoms with van der Waals surface area (Å²) >= 11 is 4.95. The van der Waals surface area contributed by atoms with Crippen LogP contribution in [0.3, 0.4) is 0 Å². The average Bonchev–Trinajstić information content (AvgIpc) is 2.27. The fourth-order valence-corrected chi connectivity index (χ4v) is 1.57. The maximum Gasteiger partial charge on any atom is 0.0768 e. The summed E-state index contributed by atoms with van der Waals surface area (Å²) in [5.41, 5.74) is 6.71. The zero-order valence-corrected chi connectivity index (χ0v) is 10.7. The van der Waals surface area contributed by atoms with Crippen molar-refractivity contribution in [1.29, 1.82) is 0 Å². The minimum absolute atomic E-state index is 0.267. The Morgan fingerprint density at radius 1 is 1.56 bits per heavy atom. The molecule has 4 heteroatoms. The van der Waals surface area contributed by atoms with Crippen LogP contribution in [-0.4, -0.2) is 35.0 Å². The topological polar surface area (TPSA) is 42.2 Å². The van der Waals surface area contributed by atoms with Gasteiger partial charge in [0, 0.05) is 37.3 Å². The Hall–Kier alpha value is -1.00. The number of thiocarbonyl (C=S) groups is 1. The maximum atomic E-state index is 5.58. The van der Waals surface area contributed by atoms with Crippen LogP contribution in [0.25, 0.3) is 0 Å². The molecule has 0 saturated heterocycles. The van der Waals surface area contributed by atoms with E-state index in [0.717, 1.165) is 25.2 Å². The maximum absolute atomic E-state index is 5.58. The third kappa shape index (κ3) is 4.68. The van der Waals surface area contributed by atoms with E-state index in [0.29, 0.717) is 4.99 Å². The third-order valence-electron chi connectivity index (χ3n) is 2.55. The van der Waals surface area contributed by atoms with Crippen molar-refractivity contribution in [2.75, 3.05) is 20.1 Å². The Balaban J connectivity index is 2.30. The molecular formula is C12H19N3S. The van der Waals surface area contributed by atoms with Gasteiger partial charge in [-0.1, -0.05) is 25.2 Å². The molecule has 0 saturated carbocycles. The lowest BCUT2D eigenvalue weighted by Gasteiger charge is -2.20. The van der Waals surface area contributed by atoms with E-state index in [4.69, 9.17) is 18.0 Å². The first kappa shape index (κ1) is 13.1. The van der Waals surface area contributed by atoms with Crippen LogP contribution in [0.4, 0.5) is 0 Å². The average molecular weight is 237 g/mol. The summed E-state index contributed by atoms with van der Waals surface area (Å²) < 4.78 is 0. The highest BCUT2D eigenvalue weighted by Gasteiger charge is 2.08. The van der Waals surface area contributed by atoms with Gasteiger partial charge in [0.25, 0.3) is 0 Å². The Morgan fingerprint density at radius 3 is 2.88 bits per heavy atom. The van der Waals surface area contributed by atoms with Crippen molar-refractivity contribution in [2.45, 2.75) is 13.3 Å². The summed E-state index contributed by atoms with van der Waals surface area (Å²) in [4.78, 5) is 7.11. The highest BCUT2D eigenvalue weighted by molar-refractivity contribution is 7.80. The van der Waals surface area contributed by atoms with Crippen molar-refractivity contribution in [2.24, 2.45) is 11.7 Å². The third-order valence-corrected chi connectivity index (χ3v) is 2.95. The monoisotopic (exact) mass is 237 g/mol. The first-order valence-electron chi connectivity index (χ1n) is 5.47. The molecule has 16 heavy (non-hydrogen) atoms. The molecule has 1 aromatic rings. The second-order valence-electron chi connectivity index (χ2n) is 4.14. The van der Waals surface area contributed by atoms with Crippen molar-refractivity contribution in [3.63, 3.8) is 0 Å². The van der Waals surface area contributed by atoms with E-state index in [1.54, 1.807) is 0 Å². The molecule has 0 bridgehead atoms. The van der Waals surface area contributed by atoms with Crippen LogP contribution < -0.4 is 5.73 Å². The van der Waals surface area contributed by atoms with Crippen LogP contribution in [-0.2, 0) is 6.42 Å². The predicted molar refractivity (Wildman–Crippen MR) is 71.4 cm³/mol. The molecule has 3 nitrogen and oxygen atoms in total. The summed E-state index contributed by atoms with van der Waals surface area (Å²) in [6.45, 7) is 3.94. The van der Waals surface area contributed by atoms with E-state index in [2.05, 4.69) is 23.9 Å². The summed E-state index contributed by atoms with van der Waals surface area (Å²) in [6.07, 6.45) is 2.79. The molecule has 2 N–H and O–H groups in total. The van der Waals surface area contributed by atoms with E-state index in [-0.39, 0.29) is 5.92 Å². The first-order chi connectivity index (χ1) is 7.59. The molecule has 1 unspecified atom stereocenters. The number of hydrogen-bond donors (Lipinski definition) is 1. The Labute approximate surface area is 103 Å². The van der Waals surface area contributed by atoms with Gasteiger partial charge in [-0.15, -0.1) is 0 Å². The Bertz CT molecular complexity index is 326. The number of nitrogens with two attached hydrogens (primary N) is 1. The van der Waals surface area contributed by atoms with Crippen LogP contribution >= 0.6 is 12.2 Å². The number of rotatable bonds is 6. The molecule has 0 aliphatic heterocycles. The highest BCUT2D eigenvalue weighted by Crippen LogP contribution is 2.01. The standard InChI is InChI=1S/C12H19N3S/c1-10(12(13)16)9-15(2)8-6-11-5-3-4-7-14-11/h3-5,7,10H,6,8-9H2,1-2H3,(H2,13,16). The van der Waals surface area contributed by atoms with Gasteiger partial charge in [-0.2, -0.15) is 0 Å². The molecule has 0 amide bonds. The molecule has 0 aliphatic rings. The van der Waals surface area contributed by atoms with Crippen LogP contribution in [0.2, 0.25) is 0 Å². The fourth-order valence-electron chi connectivity index (χ4n) is 1.50. The van der Waals surface area contributed by atoms with Gasteiger partial charge >= 0.3 is 0 Å². The zero-order chi connectivity index (χ0) is 12.0. The molecule has 1 heterocycles. The lowest BCUT2D eigenvalue weighted by Crippen LogP contribution is -2.32. The predicted octanol–water partition coefficient (Wildman–Crippen LogP) is 1.48. The second kappa shape index (κ2) is 6.55. The molecule has 1 rings (SSSR count). The van der Waals surface area contributed by atoms with Gasteiger partial charge in [-0.3, -0.25) is 4.98 Å². The van der Waals surface area contributed by atoms with Crippen LogP contribution in [0, 0.1) is 5.92 Å². The minimum Gasteiger partial charge on any atom is -0.393 e. The molecule has 0 fully saturated rings. The molecule has 1 aromatic heterocycles. The molecule has 0 radical (unpaired) electrons. The summed E-state index contributed by atoms with van der Waals surface area (Å²) in [5, 5.41) is 0. The van der Waals surface area contributed by atoms with Crippen molar-refractivity contribution in [1.82, 2.24) is 9.88 Å². The van der Waals surface area contributed by atoms with E-state index < -0.39 is 0 Å². The Kier molecular flexibility index (Phi) is 5.35. The van der Waals surface area contributed by atoms with Gasteiger partial charge in [-0.05, 0) is 19.2 Å². The van der Waals surface area contributed by atoms with Crippen molar-refractivity contribution in [3.8, 4) is 0 Å². The zero-order valence-electron chi connectivity index (χ0n) is 9.89. The summed E-state index contributed by atoms with van der Waals surface area (Å²) in [6, 6.07) is 5.99. The van der Waals surface area contributed by atoms with Crippen molar-refractivity contribution >= 4 is 17.2 Å². The minimum atomic E-state index is 0.267. The fraction of sp³-hybridized carbons (Fsp3) is 0.500. The molecule has 1 atom stereocenters. The highest BCUT2D eigenvalue weighted by atomic mass is 32.1. The van der Waals surface area contributed by atoms with Gasteiger partial charge in [0.05, 0.1) is 4.99 Å². The summed E-state index contributed by atoms with van der Waals surface area (Å²) in [7, 11) is 2.08. The van der Waals surface area contributed by atoms with Gasteiger partial charge < -0.3 is 10.6 Å². The summed E-state index contributed by atoms with van der Waals surface area (Å²) in [5.74, 6) is 0.267. The van der Waals surface area contributed by atoms with Crippen molar-refractivity contribution in [3.05, 3.63) is 30.1 Å². The van der Waals surface area contributed by atoms with E-state index >= 15 is 0 Å². The smallest absolute Gasteiger partial charge is 0.0768 e. The second-order valence-corrected chi connectivity index (χ2v) is 4.61. The number of pyridine rings is 1. The van der Waals surface area contributed by atoms with Gasteiger partial charge in [-0.25, -0.2) is 0 Å². The number of hydrogen-bond acceptors (Lipinski definition) is 3. The normalized spacial score (nSPS) is 12.7. The van der Waals surface area contributed by atoms with Crippen LogP contribution in [0.5, 0.6) is 0 Å². The number of nitrogens with zero attached hydrogens (tertiary/aromatic N) is 2. The van der Waals surface area contributed by atoms with Crippen molar-refractivity contribution < 1.29 is 0 Å². The number of aromatic nitrogens is 1. The van der Waals surface area contributed by atoms with E-state index in [1.165, 1.54) is 0 Å². The van der Waals surface area contributed by atoms with Crippen LogP contribution in [0.1, 0.15) is 12.6 Å². The van der Waals surface area contributed by atoms with E-state index in [1.807, 2.05) is 24.4 Å². The molecule has 0 aromatic carbocycles. The van der Waals surface area contributed by atoms with Gasteiger partial charge in [0.1, 0.15) is 0 Å². The molecule has 0 aliphatic carbocycles. The van der Waals surface area contributed by atoms with Crippen LogP contribution in [0.15, 0.2) is 24.4 Å². The quantitative estimate of drug-likeness (QED) is 0.761. The van der Waals surface area contributed by atoms with Gasteiger partial charge in [0.2, 0.25) is 0 Å². The lowest BCUT2D eigenvalue weighted by molar-refractivity contribution is 0.318. The molecule has 0 spiro atoms. The number of likely N-dealkylation sites (N-methyl/N-ethyl adjacent to an activating group) is 1. The molecular weight excluding hydrogens is 218 g/mol. The molecule has 88 valence electrons. The first-order valence-corrected chi connectivity index (χ1v) is 5.88. The van der Waals surface area contributed by atoms with E-state index in [9.17, 15) is 0 Å². The lowest BCUT2D eigenvalue weighted by atomic mass is 10.1. The largest absolute Gasteiger partial charge is 0.393 e. The van der Waals surface area contributed by atoms with Gasteiger partial charge in [0.15, 0.2) is 0 Å². The SMILES string of the molecule is CC(CN(C)CCc1ccccn1)C(N)=S. The Morgan fingerprint density at radius 2 is 2.31 bits per heavy atom.